The van der Waals surface area contributed by atoms with Gasteiger partial charge in [-0.3, -0.25) is 24.2 Å². The number of anilines is 1. The summed E-state index contributed by atoms with van der Waals surface area (Å²) < 4.78 is 9.97. The fourth-order valence-corrected chi connectivity index (χ4v) is 4.02. The van der Waals surface area contributed by atoms with E-state index in [9.17, 15) is 19.2 Å². The maximum absolute atomic E-state index is 13.4. The van der Waals surface area contributed by atoms with Crippen molar-refractivity contribution in [1.82, 2.24) is 20.4 Å². The fourth-order valence-electron chi connectivity index (χ4n) is 4.02. The summed E-state index contributed by atoms with van der Waals surface area (Å²) >= 11 is 0. The first-order valence-corrected chi connectivity index (χ1v) is 11.8. The molecule has 2 heterocycles. The number of hydrogen-bond acceptors (Lipinski definition) is 8. The average molecular weight is 486 g/mol. The number of carbonyl (C=O) groups excluding carboxylic acids is 4. The maximum Gasteiger partial charge on any atom is 0.325 e. The van der Waals surface area contributed by atoms with Crippen molar-refractivity contribution in [3.05, 3.63) is 41.9 Å². The van der Waals surface area contributed by atoms with Gasteiger partial charge in [0.25, 0.3) is 0 Å². The van der Waals surface area contributed by atoms with Crippen LogP contribution in [0.3, 0.4) is 0 Å². The van der Waals surface area contributed by atoms with E-state index < -0.39 is 36.3 Å². The minimum atomic E-state index is -1.09. The molecule has 1 saturated carbocycles. The summed E-state index contributed by atoms with van der Waals surface area (Å²) in [4.78, 5) is 56.6. The Hall–Kier alpha value is -3.76. The molecule has 3 amide bonds. The Labute approximate surface area is 203 Å². The van der Waals surface area contributed by atoms with E-state index in [1.54, 1.807) is 38.2 Å². The lowest BCUT2D eigenvalue weighted by Gasteiger charge is -2.31. The number of aryl methyl sites for hydroxylation is 1. The molecule has 188 valence electrons. The molecular weight excluding hydrogens is 454 g/mol. The predicted molar refractivity (Wildman–Crippen MR) is 125 cm³/mol. The van der Waals surface area contributed by atoms with Gasteiger partial charge in [0.1, 0.15) is 18.3 Å². The molecule has 11 heteroatoms. The van der Waals surface area contributed by atoms with Gasteiger partial charge in [-0.05, 0) is 32.8 Å². The van der Waals surface area contributed by atoms with Crippen LogP contribution in [-0.4, -0.2) is 57.9 Å². The van der Waals surface area contributed by atoms with Crippen molar-refractivity contribution in [2.45, 2.75) is 64.5 Å². The zero-order valence-electron chi connectivity index (χ0n) is 20.0. The Morgan fingerprint density at radius 1 is 1.23 bits per heavy atom. The summed E-state index contributed by atoms with van der Waals surface area (Å²) in [5.41, 5.74) is 0.461. The Balaban J connectivity index is 1.78. The zero-order valence-corrected chi connectivity index (χ0v) is 20.0. The monoisotopic (exact) mass is 485 g/mol. The SMILES string of the molecule is CCOC(=O)CN(C(=O)CCC(=O)Nc1cc(C)on1)[C@@H](C(=O)NC1CCCC1)c1cccnc1. The summed E-state index contributed by atoms with van der Waals surface area (Å²) in [7, 11) is 0. The van der Waals surface area contributed by atoms with Gasteiger partial charge in [0.2, 0.25) is 17.7 Å². The van der Waals surface area contributed by atoms with E-state index in [4.69, 9.17) is 9.26 Å². The van der Waals surface area contributed by atoms with Gasteiger partial charge in [0.05, 0.1) is 6.61 Å². The number of esters is 1. The second-order valence-corrected chi connectivity index (χ2v) is 8.38. The largest absolute Gasteiger partial charge is 0.465 e. The van der Waals surface area contributed by atoms with Crippen LogP contribution in [-0.2, 0) is 23.9 Å². The third kappa shape index (κ3) is 7.62. The molecule has 0 radical (unpaired) electrons. The number of nitrogens with zero attached hydrogens (tertiary/aromatic N) is 3. The van der Waals surface area contributed by atoms with Crippen LogP contribution in [0.15, 0.2) is 35.1 Å². The zero-order chi connectivity index (χ0) is 25.2. The second-order valence-electron chi connectivity index (χ2n) is 8.38. The molecule has 1 fully saturated rings. The molecule has 11 nitrogen and oxygen atoms in total. The summed E-state index contributed by atoms with van der Waals surface area (Å²) in [5, 5.41) is 9.26. The number of hydrogen-bond donors (Lipinski definition) is 2. The van der Waals surface area contributed by atoms with Gasteiger partial charge in [-0.1, -0.05) is 24.1 Å². The molecule has 2 N–H and O–H groups in total. The number of aromatic nitrogens is 2. The van der Waals surface area contributed by atoms with Gasteiger partial charge in [0.15, 0.2) is 5.82 Å². The first-order valence-electron chi connectivity index (χ1n) is 11.8. The molecule has 0 aromatic carbocycles. The molecule has 1 aliphatic rings. The Kier molecular flexibility index (Phi) is 9.33. The van der Waals surface area contributed by atoms with Crippen molar-refractivity contribution in [3.8, 4) is 0 Å². The number of carbonyl (C=O) groups is 4. The van der Waals surface area contributed by atoms with Crippen LogP contribution in [0.5, 0.6) is 0 Å². The number of rotatable bonds is 11. The minimum Gasteiger partial charge on any atom is -0.465 e. The van der Waals surface area contributed by atoms with Crippen molar-refractivity contribution < 1.29 is 28.4 Å². The maximum atomic E-state index is 13.4. The van der Waals surface area contributed by atoms with Crippen molar-refractivity contribution in [3.63, 3.8) is 0 Å². The fraction of sp³-hybridized carbons (Fsp3) is 0.500. The van der Waals surface area contributed by atoms with Crippen LogP contribution in [0.4, 0.5) is 5.82 Å². The van der Waals surface area contributed by atoms with E-state index in [0.717, 1.165) is 30.6 Å². The van der Waals surface area contributed by atoms with Gasteiger partial charge in [-0.15, -0.1) is 0 Å². The first-order chi connectivity index (χ1) is 16.9. The van der Waals surface area contributed by atoms with Crippen LogP contribution in [0.2, 0.25) is 0 Å². The standard InChI is InChI=1S/C24H31N5O6/c1-3-34-22(32)15-29(21(31)11-10-20(30)27-19-13-16(2)35-28-19)23(17-7-6-12-25-14-17)24(33)26-18-8-4-5-9-18/h6-7,12-14,18,23H,3-5,8-11,15H2,1-2H3,(H,26,33)(H,27,28,30)/t23-/m1/s1. The molecule has 0 bridgehead atoms. The number of pyridine rings is 1. The molecule has 1 aliphatic carbocycles. The van der Waals surface area contributed by atoms with Crippen LogP contribution < -0.4 is 10.6 Å². The first kappa shape index (κ1) is 25.9. The summed E-state index contributed by atoms with van der Waals surface area (Å²) in [6.45, 7) is 3.04. The topological polar surface area (TPSA) is 144 Å². The molecule has 0 spiro atoms. The number of ether oxygens (including phenoxy) is 1. The van der Waals surface area contributed by atoms with Gasteiger partial charge in [-0.2, -0.15) is 0 Å². The molecule has 0 saturated heterocycles. The lowest BCUT2D eigenvalue weighted by molar-refractivity contribution is -0.152. The van der Waals surface area contributed by atoms with Crippen LogP contribution in [0.25, 0.3) is 0 Å². The molecular formula is C24H31N5O6. The summed E-state index contributed by atoms with van der Waals surface area (Å²) in [6, 6.07) is 3.81. The lowest BCUT2D eigenvalue weighted by Crippen LogP contribution is -2.48. The van der Waals surface area contributed by atoms with Crippen LogP contribution in [0, 0.1) is 6.92 Å². The smallest absolute Gasteiger partial charge is 0.325 e. The molecule has 1 atom stereocenters. The third-order valence-corrected chi connectivity index (χ3v) is 5.65. The van der Waals surface area contributed by atoms with Crippen LogP contribution >= 0.6 is 0 Å². The highest BCUT2D eigenvalue weighted by atomic mass is 16.5. The van der Waals surface area contributed by atoms with E-state index in [0.29, 0.717) is 11.3 Å². The van der Waals surface area contributed by atoms with E-state index in [1.165, 1.54) is 6.20 Å². The number of nitrogens with one attached hydrogen (secondary N) is 2. The molecule has 0 unspecified atom stereocenters. The normalized spacial score (nSPS) is 14.2. The van der Waals surface area contributed by atoms with Crippen molar-refractivity contribution in [2.24, 2.45) is 0 Å². The highest BCUT2D eigenvalue weighted by Gasteiger charge is 2.34. The van der Waals surface area contributed by atoms with E-state index in [-0.39, 0.29) is 31.3 Å². The highest BCUT2D eigenvalue weighted by molar-refractivity contribution is 5.95. The van der Waals surface area contributed by atoms with Crippen molar-refractivity contribution in [2.75, 3.05) is 18.5 Å². The molecule has 3 rings (SSSR count). The number of amides is 3. The molecule has 2 aromatic rings. The lowest BCUT2D eigenvalue weighted by atomic mass is 10.0. The van der Waals surface area contributed by atoms with Gasteiger partial charge < -0.3 is 24.8 Å². The minimum absolute atomic E-state index is 0.0120. The Bertz CT molecular complexity index is 1020. The molecule has 2 aromatic heterocycles. The summed E-state index contributed by atoms with van der Waals surface area (Å²) in [6.07, 6.45) is 6.41. The second kappa shape index (κ2) is 12.6. The predicted octanol–water partition coefficient (Wildman–Crippen LogP) is 2.29. The van der Waals surface area contributed by atoms with E-state index in [2.05, 4.69) is 20.8 Å². The quantitative estimate of drug-likeness (QED) is 0.461. The van der Waals surface area contributed by atoms with Gasteiger partial charge >= 0.3 is 5.97 Å². The van der Waals surface area contributed by atoms with E-state index in [1.807, 2.05) is 0 Å². The summed E-state index contributed by atoms with van der Waals surface area (Å²) in [5.74, 6) is -1.26. The Morgan fingerprint density at radius 3 is 2.63 bits per heavy atom. The molecule has 0 aliphatic heterocycles. The highest BCUT2D eigenvalue weighted by Crippen LogP contribution is 2.25. The molecule has 35 heavy (non-hydrogen) atoms. The van der Waals surface area contributed by atoms with Gasteiger partial charge in [0, 0.05) is 42.9 Å². The van der Waals surface area contributed by atoms with Crippen molar-refractivity contribution >= 4 is 29.5 Å². The van der Waals surface area contributed by atoms with Crippen molar-refractivity contribution in [1.29, 1.82) is 0 Å². The van der Waals surface area contributed by atoms with Gasteiger partial charge in [-0.25, -0.2) is 0 Å². The van der Waals surface area contributed by atoms with E-state index >= 15 is 0 Å². The third-order valence-electron chi connectivity index (χ3n) is 5.65. The average Bonchev–Trinajstić information content (AvgIpc) is 3.49. The Morgan fingerprint density at radius 2 is 2.00 bits per heavy atom. The van der Waals surface area contributed by atoms with Crippen LogP contribution in [0.1, 0.15) is 62.8 Å².